The monoisotopic (exact) mass is 405 g/mol. The molecule has 27 heavy (non-hydrogen) atoms. The lowest BCUT2D eigenvalue weighted by atomic mass is 10.2. The zero-order valence-electron chi connectivity index (χ0n) is 14.7. The van der Waals surface area contributed by atoms with Gasteiger partial charge in [-0.05, 0) is 42.8 Å². The van der Waals surface area contributed by atoms with Crippen LogP contribution in [0.25, 0.3) is 0 Å². The van der Waals surface area contributed by atoms with Gasteiger partial charge in [0.2, 0.25) is 0 Å². The van der Waals surface area contributed by atoms with E-state index in [1.54, 1.807) is 29.3 Å². The summed E-state index contributed by atoms with van der Waals surface area (Å²) in [6, 6.07) is 11.0. The molecule has 1 aromatic heterocycles. The molecule has 0 radical (unpaired) electrons. The van der Waals surface area contributed by atoms with E-state index in [4.69, 9.17) is 23.2 Å². The summed E-state index contributed by atoms with van der Waals surface area (Å²) in [6.45, 7) is 3.17. The molecule has 0 atom stereocenters. The van der Waals surface area contributed by atoms with Gasteiger partial charge in [-0.3, -0.25) is 4.79 Å². The minimum atomic E-state index is -0.434. The van der Waals surface area contributed by atoms with Crippen molar-refractivity contribution in [1.82, 2.24) is 14.5 Å². The molecule has 1 heterocycles. The molecule has 140 valence electrons. The number of amides is 1. The number of rotatable bonds is 6. The molecule has 3 aromatic rings. The predicted molar refractivity (Wildman–Crippen MR) is 105 cm³/mol. The molecule has 0 unspecified atom stereocenters. The first-order valence-corrected chi connectivity index (χ1v) is 9.22. The molecule has 7 heteroatoms. The van der Waals surface area contributed by atoms with Crippen LogP contribution in [0.4, 0.5) is 4.39 Å². The number of imidazole rings is 1. The number of aromatic nitrogens is 2. The zero-order valence-corrected chi connectivity index (χ0v) is 16.2. The molecule has 0 N–H and O–H groups in total. The van der Waals surface area contributed by atoms with Crippen molar-refractivity contribution >= 4 is 29.1 Å². The summed E-state index contributed by atoms with van der Waals surface area (Å²) in [6.07, 6.45) is 3.51. The Kier molecular flexibility index (Phi) is 6.14. The summed E-state index contributed by atoms with van der Waals surface area (Å²) in [5.41, 5.74) is 1.22. The maximum Gasteiger partial charge on any atom is 0.254 e. The Bertz CT molecular complexity index is 958. The van der Waals surface area contributed by atoms with Crippen molar-refractivity contribution < 1.29 is 9.18 Å². The number of carbonyl (C=O) groups excluding carboxylic acids is 1. The van der Waals surface area contributed by atoms with E-state index in [0.29, 0.717) is 41.1 Å². The number of hydrogen-bond acceptors (Lipinski definition) is 2. The number of halogens is 3. The number of nitrogens with zero attached hydrogens (tertiary/aromatic N) is 3. The van der Waals surface area contributed by atoms with E-state index in [1.165, 1.54) is 18.2 Å². The second-order valence-electron chi connectivity index (χ2n) is 6.04. The van der Waals surface area contributed by atoms with Crippen LogP contribution in [0.3, 0.4) is 0 Å². The highest BCUT2D eigenvalue weighted by Gasteiger charge is 2.17. The lowest BCUT2D eigenvalue weighted by Gasteiger charge is -2.21. The van der Waals surface area contributed by atoms with Gasteiger partial charge in [0.25, 0.3) is 5.91 Å². The molecule has 3 rings (SSSR count). The van der Waals surface area contributed by atoms with E-state index in [0.717, 1.165) is 5.56 Å². The quantitative estimate of drug-likeness (QED) is 0.575. The van der Waals surface area contributed by atoms with Crippen molar-refractivity contribution in [2.45, 2.75) is 20.0 Å². The maximum atomic E-state index is 13.4. The van der Waals surface area contributed by atoms with Crippen molar-refractivity contribution in [3.05, 3.63) is 87.7 Å². The van der Waals surface area contributed by atoms with E-state index in [2.05, 4.69) is 4.98 Å². The molecule has 0 bridgehead atoms. The summed E-state index contributed by atoms with van der Waals surface area (Å²) in [7, 11) is 0. The molecule has 0 saturated heterocycles. The minimum absolute atomic E-state index is 0.240. The van der Waals surface area contributed by atoms with Crippen LogP contribution >= 0.6 is 23.2 Å². The first-order chi connectivity index (χ1) is 13.0. The average molecular weight is 406 g/mol. The van der Waals surface area contributed by atoms with E-state index >= 15 is 0 Å². The van der Waals surface area contributed by atoms with Crippen LogP contribution in [-0.2, 0) is 13.1 Å². The average Bonchev–Trinajstić information content (AvgIpc) is 3.08. The minimum Gasteiger partial charge on any atom is -0.331 e. The third-order valence-corrected chi connectivity index (χ3v) is 4.82. The van der Waals surface area contributed by atoms with Gasteiger partial charge in [-0.2, -0.15) is 0 Å². The fourth-order valence-electron chi connectivity index (χ4n) is 2.77. The largest absolute Gasteiger partial charge is 0.331 e. The Balaban J connectivity index is 1.79. The Labute approximate surface area is 167 Å². The van der Waals surface area contributed by atoms with E-state index in [-0.39, 0.29) is 5.91 Å². The fraction of sp³-hybridized carbons (Fsp3) is 0.200. The number of carbonyl (C=O) groups is 1. The van der Waals surface area contributed by atoms with Crippen LogP contribution in [0.1, 0.15) is 28.7 Å². The van der Waals surface area contributed by atoms with Crippen LogP contribution in [0, 0.1) is 5.82 Å². The number of benzene rings is 2. The van der Waals surface area contributed by atoms with Crippen LogP contribution in [0.5, 0.6) is 0 Å². The molecule has 0 saturated carbocycles. The van der Waals surface area contributed by atoms with Gasteiger partial charge in [-0.1, -0.05) is 35.3 Å². The summed E-state index contributed by atoms with van der Waals surface area (Å²) >= 11 is 12.2. The topological polar surface area (TPSA) is 38.1 Å². The molecular weight excluding hydrogens is 388 g/mol. The SMILES string of the molecule is CCN(Cc1nccn1Cc1ccc(Cl)cc1Cl)C(=O)c1cccc(F)c1. The highest BCUT2D eigenvalue weighted by Crippen LogP contribution is 2.22. The maximum absolute atomic E-state index is 13.4. The lowest BCUT2D eigenvalue weighted by Crippen LogP contribution is -2.31. The Morgan fingerprint density at radius 1 is 1.22 bits per heavy atom. The molecule has 0 aliphatic heterocycles. The van der Waals surface area contributed by atoms with E-state index in [9.17, 15) is 9.18 Å². The van der Waals surface area contributed by atoms with E-state index in [1.807, 2.05) is 23.8 Å². The number of hydrogen-bond donors (Lipinski definition) is 0. The second kappa shape index (κ2) is 8.55. The van der Waals surface area contributed by atoms with Crippen LogP contribution in [0.2, 0.25) is 10.0 Å². The zero-order chi connectivity index (χ0) is 19.4. The van der Waals surface area contributed by atoms with Gasteiger partial charge >= 0.3 is 0 Å². The molecule has 4 nitrogen and oxygen atoms in total. The summed E-state index contributed by atoms with van der Waals surface area (Å²) in [4.78, 5) is 18.7. The van der Waals surface area contributed by atoms with Gasteiger partial charge in [-0.15, -0.1) is 0 Å². The molecule has 2 aromatic carbocycles. The summed E-state index contributed by atoms with van der Waals surface area (Å²) < 4.78 is 15.4. The smallest absolute Gasteiger partial charge is 0.254 e. The van der Waals surface area contributed by atoms with Gasteiger partial charge < -0.3 is 9.47 Å². The van der Waals surface area contributed by atoms with Crippen molar-refractivity contribution in [3.8, 4) is 0 Å². The van der Waals surface area contributed by atoms with Gasteiger partial charge in [0.1, 0.15) is 11.6 Å². The van der Waals surface area contributed by atoms with Gasteiger partial charge in [-0.25, -0.2) is 9.37 Å². The molecule has 0 aliphatic rings. The third kappa shape index (κ3) is 4.67. The van der Waals surface area contributed by atoms with E-state index < -0.39 is 5.82 Å². The highest BCUT2D eigenvalue weighted by molar-refractivity contribution is 6.35. The molecule has 0 fully saturated rings. The lowest BCUT2D eigenvalue weighted by molar-refractivity contribution is 0.0746. The van der Waals surface area contributed by atoms with Crippen molar-refractivity contribution in [3.63, 3.8) is 0 Å². The van der Waals surface area contributed by atoms with Gasteiger partial charge in [0.15, 0.2) is 0 Å². The Morgan fingerprint density at radius 2 is 2.04 bits per heavy atom. The predicted octanol–water partition coefficient (Wildman–Crippen LogP) is 5.04. The Hall–Kier alpha value is -2.37. The summed E-state index contributed by atoms with van der Waals surface area (Å²) in [5, 5.41) is 1.15. The van der Waals surface area contributed by atoms with Gasteiger partial charge in [0.05, 0.1) is 13.1 Å². The van der Waals surface area contributed by atoms with Crippen molar-refractivity contribution in [2.75, 3.05) is 6.54 Å². The Morgan fingerprint density at radius 3 is 2.74 bits per heavy atom. The standard InChI is InChI=1S/C20H18Cl2FN3O/c1-2-25(20(27)14-4-3-5-17(23)10-14)13-19-24-8-9-26(19)12-15-6-7-16(21)11-18(15)22/h3-11H,2,12-13H2,1H3. The van der Waals surface area contributed by atoms with Crippen LogP contribution < -0.4 is 0 Å². The van der Waals surface area contributed by atoms with Gasteiger partial charge in [0, 0.05) is 34.5 Å². The molecule has 0 aliphatic carbocycles. The fourth-order valence-corrected chi connectivity index (χ4v) is 3.24. The van der Waals surface area contributed by atoms with Crippen LogP contribution in [-0.4, -0.2) is 26.9 Å². The highest BCUT2D eigenvalue weighted by atomic mass is 35.5. The van der Waals surface area contributed by atoms with Crippen molar-refractivity contribution in [1.29, 1.82) is 0 Å². The third-order valence-electron chi connectivity index (χ3n) is 4.23. The van der Waals surface area contributed by atoms with Crippen molar-refractivity contribution in [2.24, 2.45) is 0 Å². The summed E-state index contributed by atoms with van der Waals surface area (Å²) in [5.74, 6) is 0.0412. The molecular formula is C20H18Cl2FN3O. The molecule has 0 spiro atoms. The first-order valence-electron chi connectivity index (χ1n) is 8.46. The first kappa shape index (κ1) is 19.4. The molecule has 1 amide bonds. The second-order valence-corrected chi connectivity index (χ2v) is 6.88. The normalized spacial score (nSPS) is 10.8. The van der Waals surface area contributed by atoms with Crippen LogP contribution in [0.15, 0.2) is 54.9 Å².